The van der Waals surface area contributed by atoms with Gasteiger partial charge in [0.25, 0.3) is 17.5 Å². The van der Waals surface area contributed by atoms with E-state index in [4.69, 9.17) is 0 Å². The Morgan fingerprint density at radius 2 is 1.73 bits per heavy atom. The maximum atomic E-state index is 12.3. The van der Waals surface area contributed by atoms with Crippen LogP contribution in [0.1, 0.15) is 38.1 Å². The van der Waals surface area contributed by atoms with Crippen LogP contribution in [0.5, 0.6) is 0 Å². The number of amides is 2. The molecule has 0 radical (unpaired) electrons. The van der Waals surface area contributed by atoms with Crippen LogP contribution in [0.2, 0.25) is 0 Å². The van der Waals surface area contributed by atoms with Gasteiger partial charge in [0, 0.05) is 22.9 Å². The van der Waals surface area contributed by atoms with Crippen LogP contribution in [0.25, 0.3) is 0 Å². The lowest BCUT2D eigenvalue weighted by molar-refractivity contribution is -0.385. The number of nitrogens with one attached hydrogen (secondary N) is 2. The average Bonchev–Trinajstić information content (AvgIpc) is 3.27. The number of thiophene rings is 1. The molecule has 1 heterocycles. The molecule has 0 spiro atoms. The SMILES string of the molecule is CC(=NNC(=O)c1ccc(C)c([N+](=O)[O-])c1)c1ccc(NC(=O)c2cccs2)cc1. The smallest absolute Gasteiger partial charge is 0.273 e. The van der Waals surface area contributed by atoms with Gasteiger partial charge in [0.05, 0.1) is 15.5 Å². The molecule has 3 rings (SSSR count). The molecule has 1 aromatic heterocycles. The Morgan fingerprint density at radius 3 is 2.37 bits per heavy atom. The summed E-state index contributed by atoms with van der Waals surface area (Å²) in [4.78, 5) is 35.5. The zero-order valence-electron chi connectivity index (χ0n) is 16.2. The Morgan fingerprint density at radius 1 is 1.03 bits per heavy atom. The minimum Gasteiger partial charge on any atom is -0.321 e. The highest BCUT2D eigenvalue weighted by atomic mass is 32.1. The summed E-state index contributed by atoms with van der Waals surface area (Å²) in [6, 6.07) is 14.8. The second-order valence-electron chi connectivity index (χ2n) is 6.41. The first kappa shape index (κ1) is 20.9. The summed E-state index contributed by atoms with van der Waals surface area (Å²) in [5.41, 5.74) is 4.84. The number of anilines is 1. The van der Waals surface area contributed by atoms with Gasteiger partial charge in [-0.1, -0.05) is 24.3 Å². The second kappa shape index (κ2) is 9.10. The second-order valence-corrected chi connectivity index (χ2v) is 7.35. The molecule has 8 nitrogen and oxygen atoms in total. The highest BCUT2D eigenvalue weighted by Crippen LogP contribution is 2.19. The zero-order chi connectivity index (χ0) is 21.7. The van der Waals surface area contributed by atoms with Crippen molar-refractivity contribution in [3.63, 3.8) is 0 Å². The van der Waals surface area contributed by atoms with Crippen LogP contribution in [0.4, 0.5) is 11.4 Å². The van der Waals surface area contributed by atoms with E-state index in [0.717, 1.165) is 5.56 Å². The van der Waals surface area contributed by atoms with Gasteiger partial charge < -0.3 is 5.32 Å². The predicted octanol–water partition coefficient (Wildman–Crippen LogP) is 4.37. The number of hydrazone groups is 1. The van der Waals surface area contributed by atoms with Gasteiger partial charge in [-0.15, -0.1) is 11.3 Å². The molecule has 30 heavy (non-hydrogen) atoms. The largest absolute Gasteiger partial charge is 0.321 e. The molecule has 0 saturated heterocycles. The average molecular weight is 422 g/mol. The Labute approximate surface area is 176 Å². The number of hydrogen-bond donors (Lipinski definition) is 2. The van der Waals surface area contributed by atoms with Crippen molar-refractivity contribution in [1.29, 1.82) is 0 Å². The number of aryl methyl sites for hydroxylation is 1. The van der Waals surface area contributed by atoms with E-state index in [9.17, 15) is 19.7 Å². The number of nitrogens with zero attached hydrogens (tertiary/aromatic N) is 2. The van der Waals surface area contributed by atoms with Crippen molar-refractivity contribution in [2.24, 2.45) is 5.10 Å². The van der Waals surface area contributed by atoms with E-state index >= 15 is 0 Å². The summed E-state index contributed by atoms with van der Waals surface area (Å²) >= 11 is 1.36. The highest BCUT2D eigenvalue weighted by molar-refractivity contribution is 7.12. The molecule has 0 saturated carbocycles. The van der Waals surface area contributed by atoms with Gasteiger partial charge in [0.2, 0.25) is 0 Å². The van der Waals surface area contributed by atoms with E-state index in [-0.39, 0.29) is 17.2 Å². The van der Waals surface area contributed by atoms with E-state index in [0.29, 0.717) is 21.8 Å². The van der Waals surface area contributed by atoms with Crippen molar-refractivity contribution in [3.05, 3.63) is 91.7 Å². The molecule has 3 aromatic rings. The number of hydrogen-bond acceptors (Lipinski definition) is 6. The van der Waals surface area contributed by atoms with Gasteiger partial charge >= 0.3 is 0 Å². The zero-order valence-corrected chi connectivity index (χ0v) is 17.0. The molecule has 0 aliphatic carbocycles. The number of nitro groups is 1. The third kappa shape index (κ3) is 4.95. The molecule has 2 amide bonds. The van der Waals surface area contributed by atoms with Gasteiger partial charge in [-0.05, 0) is 49.1 Å². The van der Waals surface area contributed by atoms with Crippen molar-refractivity contribution in [3.8, 4) is 0 Å². The highest BCUT2D eigenvalue weighted by Gasteiger charge is 2.15. The fraction of sp³-hybridized carbons (Fsp3) is 0.0952. The third-order valence-corrected chi connectivity index (χ3v) is 5.17. The van der Waals surface area contributed by atoms with Crippen molar-refractivity contribution >= 4 is 40.2 Å². The number of rotatable bonds is 6. The van der Waals surface area contributed by atoms with Crippen LogP contribution >= 0.6 is 11.3 Å². The lowest BCUT2D eigenvalue weighted by atomic mass is 10.1. The lowest BCUT2D eigenvalue weighted by Gasteiger charge is -2.06. The van der Waals surface area contributed by atoms with E-state index in [1.54, 1.807) is 44.2 Å². The lowest BCUT2D eigenvalue weighted by Crippen LogP contribution is -2.19. The van der Waals surface area contributed by atoms with Gasteiger partial charge in [0.15, 0.2) is 0 Å². The van der Waals surface area contributed by atoms with E-state index in [1.807, 2.05) is 11.4 Å². The fourth-order valence-corrected chi connectivity index (χ4v) is 3.23. The summed E-state index contributed by atoms with van der Waals surface area (Å²) in [5, 5.41) is 19.7. The molecule has 0 aliphatic rings. The van der Waals surface area contributed by atoms with E-state index in [2.05, 4.69) is 15.8 Å². The minimum atomic E-state index is -0.544. The first-order valence-corrected chi connectivity index (χ1v) is 9.78. The normalized spacial score (nSPS) is 11.1. The molecule has 2 aromatic carbocycles. The summed E-state index contributed by atoms with van der Waals surface area (Å²) in [6.07, 6.45) is 0. The summed E-state index contributed by atoms with van der Waals surface area (Å²) in [5.74, 6) is -0.722. The monoisotopic (exact) mass is 422 g/mol. The van der Waals surface area contributed by atoms with Crippen LogP contribution in [-0.4, -0.2) is 22.4 Å². The maximum absolute atomic E-state index is 12.3. The van der Waals surface area contributed by atoms with Crippen LogP contribution in [0.3, 0.4) is 0 Å². The van der Waals surface area contributed by atoms with Crippen molar-refractivity contribution in [1.82, 2.24) is 5.43 Å². The van der Waals surface area contributed by atoms with E-state index in [1.165, 1.54) is 29.5 Å². The van der Waals surface area contributed by atoms with Gasteiger partial charge in [-0.2, -0.15) is 5.10 Å². The van der Waals surface area contributed by atoms with Crippen LogP contribution < -0.4 is 10.7 Å². The molecular weight excluding hydrogens is 404 g/mol. The van der Waals surface area contributed by atoms with Crippen molar-refractivity contribution in [2.45, 2.75) is 13.8 Å². The van der Waals surface area contributed by atoms with Crippen LogP contribution in [0, 0.1) is 17.0 Å². The molecule has 0 fully saturated rings. The molecule has 2 N–H and O–H groups in total. The molecule has 0 unspecified atom stereocenters. The first-order chi connectivity index (χ1) is 14.3. The molecule has 0 bridgehead atoms. The Hall–Kier alpha value is -3.85. The fourth-order valence-electron chi connectivity index (χ4n) is 2.61. The maximum Gasteiger partial charge on any atom is 0.273 e. The standard InChI is InChI=1S/C21H18N4O4S/c1-13-5-6-16(12-18(13)25(28)29)20(26)24-23-14(2)15-7-9-17(10-8-15)22-21(27)19-4-3-11-30-19/h3-12H,1-2H3,(H,22,27)(H,24,26). The van der Waals surface area contributed by atoms with Gasteiger partial charge in [-0.25, -0.2) is 5.43 Å². The molecule has 152 valence electrons. The Balaban J connectivity index is 1.65. The topological polar surface area (TPSA) is 114 Å². The minimum absolute atomic E-state index is 0.122. The van der Waals surface area contributed by atoms with Crippen molar-refractivity contribution < 1.29 is 14.5 Å². The number of nitro benzene ring substituents is 1. The van der Waals surface area contributed by atoms with Gasteiger partial charge in [-0.3, -0.25) is 19.7 Å². The summed E-state index contributed by atoms with van der Waals surface area (Å²) in [6.45, 7) is 3.33. The van der Waals surface area contributed by atoms with Crippen LogP contribution in [-0.2, 0) is 0 Å². The third-order valence-electron chi connectivity index (χ3n) is 4.30. The summed E-state index contributed by atoms with van der Waals surface area (Å²) < 4.78 is 0. The summed E-state index contributed by atoms with van der Waals surface area (Å²) in [7, 11) is 0. The predicted molar refractivity (Wildman–Crippen MR) is 116 cm³/mol. The number of carbonyl (C=O) groups excluding carboxylic acids is 2. The molecular formula is C21H18N4O4S. The molecule has 0 atom stereocenters. The Bertz CT molecular complexity index is 1120. The quantitative estimate of drug-likeness (QED) is 0.349. The van der Waals surface area contributed by atoms with E-state index < -0.39 is 10.8 Å². The molecule has 0 aliphatic heterocycles. The number of carbonyl (C=O) groups is 2. The van der Waals surface area contributed by atoms with Gasteiger partial charge in [0.1, 0.15) is 0 Å². The Kier molecular flexibility index (Phi) is 6.33. The van der Waals surface area contributed by atoms with Crippen LogP contribution in [0.15, 0.2) is 65.1 Å². The first-order valence-electron chi connectivity index (χ1n) is 8.90. The molecule has 9 heteroatoms. The number of benzene rings is 2. The van der Waals surface area contributed by atoms with Crippen molar-refractivity contribution in [2.75, 3.05) is 5.32 Å².